The maximum Gasteiger partial charge on any atom is 0.234 e. The number of nitrogens with one attached hydrogen (secondary N) is 1. The van der Waals surface area contributed by atoms with Crippen molar-refractivity contribution in [1.82, 2.24) is 15.5 Å². The van der Waals surface area contributed by atoms with E-state index >= 15 is 0 Å². The van der Waals surface area contributed by atoms with E-state index in [9.17, 15) is 4.79 Å². The van der Waals surface area contributed by atoms with E-state index in [4.69, 9.17) is 22.5 Å². The molecule has 0 saturated heterocycles. The molecule has 1 unspecified atom stereocenters. The van der Waals surface area contributed by atoms with Crippen molar-refractivity contribution in [3.63, 3.8) is 0 Å². The number of hydrogen-bond donors (Lipinski definition) is 2. The number of amides is 1. The molecule has 1 aromatic carbocycles. The van der Waals surface area contributed by atoms with Gasteiger partial charge in [0.05, 0.1) is 4.99 Å². The summed E-state index contributed by atoms with van der Waals surface area (Å²) >= 11 is 5.00. The van der Waals surface area contributed by atoms with Crippen LogP contribution in [0.15, 0.2) is 34.9 Å². The Morgan fingerprint density at radius 2 is 2.14 bits per heavy atom. The molecular formula is C14H16N4O2S. The summed E-state index contributed by atoms with van der Waals surface area (Å²) in [6, 6.07) is 9.21. The average Bonchev–Trinajstić information content (AvgIpc) is 2.85. The highest BCUT2D eigenvalue weighted by molar-refractivity contribution is 7.80. The summed E-state index contributed by atoms with van der Waals surface area (Å²) in [4.78, 5) is 16.5. The fourth-order valence-corrected chi connectivity index (χ4v) is 2.18. The van der Waals surface area contributed by atoms with Crippen LogP contribution in [0.3, 0.4) is 0 Å². The quantitative estimate of drug-likeness (QED) is 0.776. The van der Waals surface area contributed by atoms with Crippen molar-refractivity contribution in [3.05, 3.63) is 47.6 Å². The van der Waals surface area contributed by atoms with E-state index in [1.54, 1.807) is 6.92 Å². The van der Waals surface area contributed by atoms with Crippen molar-refractivity contribution in [1.29, 1.82) is 0 Å². The molecule has 0 bridgehead atoms. The Kier molecular flexibility index (Phi) is 4.99. The molecule has 0 aliphatic carbocycles. The SMILES string of the molecule is Cc1nc(CCNC(=O)C(C(N)=S)c2ccccc2)no1. The Morgan fingerprint density at radius 3 is 2.71 bits per heavy atom. The van der Waals surface area contributed by atoms with Gasteiger partial charge in [-0.05, 0) is 5.56 Å². The largest absolute Gasteiger partial charge is 0.392 e. The topological polar surface area (TPSA) is 94.0 Å². The molecule has 6 nitrogen and oxygen atoms in total. The number of thiocarbonyl (C=S) groups is 1. The van der Waals surface area contributed by atoms with Gasteiger partial charge in [0.15, 0.2) is 5.82 Å². The number of nitrogens with zero attached hydrogens (tertiary/aromatic N) is 2. The number of carbonyl (C=O) groups excluding carboxylic acids is 1. The second kappa shape index (κ2) is 6.94. The van der Waals surface area contributed by atoms with E-state index in [-0.39, 0.29) is 10.9 Å². The van der Waals surface area contributed by atoms with Gasteiger partial charge in [-0.2, -0.15) is 4.98 Å². The van der Waals surface area contributed by atoms with Gasteiger partial charge in [0.25, 0.3) is 0 Å². The fourth-order valence-electron chi connectivity index (χ4n) is 1.93. The van der Waals surface area contributed by atoms with Gasteiger partial charge in [0.1, 0.15) is 5.92 Å². The third-order valence-electron chi connectivity index (χ3n) is 2.90. The molecule has 0 spiro atoms. The van der Waals surface area contributed by atoms with Gasteiger partial charge in [0.2, 0.25) is 11.8 Å². The number of carbonyl (C=O) groups is 1. The van der Waals surface area contributed by atoms with Crippen LogP contribution in [-0.4, -0.2) is 27.6 Å². The number of nitrogens with two attached hydrogens (primary N) is 1. The van der Waals surface area contributed by atoms with Crippen molar-refractivity contribution in [3.8, 4) is 0 Å². The Balaban J connectivity index is 1.95. The lowest BCUT2D eigenvalue weighted by molar-refractivity contribution is -0.121. The predicted octanol–water partition coefficient (Wildman–Crippen LogP) is 1.11. The summed E-state index contributed by atoms with van der Waals surface area (Å²) in [5.74, 6) is 0.197. The Labute approximate surface area is 127 Å². The molecule has 0 fully saturated rings. The highest BCUT2D eigenvalue weighted by Crippen LogP contribution is 2.16. The summed E-state index contributed by atoms with van der Waals surface area (Å²) in [6.07, 6.45) is 0.488. The molecule has 0 saturated carbocycles. The fraction of sp³-hybridized carbons (Fsp3) is 0.286. The number of hydrogen-bond acceptors (Lipinski definition) is 5. The van der Waals surface area contributed by atoms with Crippen molar-refractivity contribution < 1.29 is 9.32 Å². The molecular weight excluding hydrogens is 288 g/mol. The molecule has 110 valence electrons. The van der Waals surface area contributed by atoms with E-state index in [1.165, 1.54) is 0 Å². The van der Waals surface area contributed by atoms with E-state index in [0.29, 0.717) is 24.7 Å². The molecule has 0 aliphatic heterocycles. The molecule has 0 radical (unpaired) electrons. The summed E-state index contributed by atoms with van der Waals surface area (Å²) in [5, 5.41) is 6.56. The van der Waals surface area contributed by atoms with E-state index in [2.05, 4.69) is 15.5 Å². The molecule has 2 rings (SSSR count). The van der Waals surface area contributed by atoms with Crippen LogP contribution in [0.5, 0.6) is 0 Å². The number of rotatable bonds is 6. The van der Waals surface area contributed by atoms with Gasteiger partial charge in [-0.1, -0.05) is 47.7 Å². The Bertz CT molecular complexity index is 627. The van der Waals surface area contributed by atoms with Crippen LogP contribution < -0.4 is 11.1 Å². The van der Waals surface area contributed by atoms with E-state index in [1.807, 2.05) is 30.3 Å². The van der Waals surface area contributed by atoms with Crippen molar-refractivity contribution in [2.75, 3.05) is 6.54 Å². The predicted molar refractivity (Wildman–Crippen MR) is 81.7 cm³/mol. The third kappa shape index (κ3) is 4.09. The second-order valence-electron chi connectivity index (χ2n) is 4.52. The molecule has 1 aromatic heterocycles. The average molecular weight is 304 g/mol. The lowest BCUT2D eigenvalue weighted by Gasteiger charge is -2.15. The monoisotopic (exact) mass is 304 g/mol. The van der Waals surface area contributed by atoms with Crippen molar-refractivity contribution in [2.45, 2.75) is 19.3 Å². The molecule has 3 N–H and O–H groups in total. The summed E-state index contributed by atoms with van der Waals surface area (Å²) in [7, 11) is 0. The zero-order valence-corrected chi connectivity index (χ0v) is 12.4. The van der Waals surface area contributed by atoms with Gasteiger partial charge in [0, 0.05) is 19.9 Å². The van der Waals surface area contributed by atoms with Gasteiger partial charge < -0.3 is 15.6 Å². The minimum Gasteiger partial charge on any atom is -0.392 e. The minimum atomic E-state index is -0.631. The molecule has 2 aromatic rings. The second-order valence-corrected chi connectivity index (χ2v) is 4.99. The van der Waals surface area contributed by atoms with Gasteiger partial charge >= 0.3 is 0 Å². The zero-order valence-electron chi connectivity index (χ0n) is 11.6. The number of aryl methyl sites for hydroxylation is 1. The first-order chi connectivity index (χ1) is 10.1. The lowest BCUT2D eigenvalue weighted by atomic mass is 9.98. The molecule has 1 heterocycles. The van der Waals surface area contributed by atoms with Crippen LogP contribution in [0.4, 0.5) is 0 Å². The highest BCUT2D eigenvalue weighted by Gasteiger charge is 2.23. The normalized spacial score (nSPS) is 11.9. The molecule has 1 atom stereocenters. The first-order valence-corrected chi connectivity index (χ1v) is 6.90. The smallest absolute Gasteiger partial charge is 0.234 e. The Hall–Kier alpha value is -2.28. The Morgan fingerprint density at radius 1 is 1.43 bits per heavy atom. The van der Waals surface area contributed by atoms with Gasteiger partial charge in [-0.3, -0.25) is 4.79 Å². The molecule has 1 amide bonds. The maximum absolute atomic E-state index is 12.2. The first-order valence-electron chi connectivity index (χ1n) is 6.49. The summed E-state index contributed by atoms with van der Waals surface area (Å²) in [5.41, 5.74) is 6.46. The first kappa shape index (κ1) is 15.1. The highest BCUT2D eigenvalue weighted by atomic mass is 32.1. The standard InChI is InChI=1S/C14H16N4O2S/c1-9-17-11(18-20-9)7-8-16-14(19)12(13(15)21)10-5-3-2-4-6-10/h2-6,12H,7-8H2,1H3,(H2,15,21)(H,16,19). The molecule has 7 heteroatoms. The summed E-state index contributed by atoms with van der Waals surface area (Å²) < 4.78 is 4.86. The van der Waals surface area contributed by atoms with E-state index < -0.39 is 5.92 Å². The van der Waals surface area contributed by atoms with Crippen molar-refractivity contribution >= 4 is 23.1 Å². The van der Waals surface area contributed by atoms with Crippen LogP contribution >= 0.6 is 12.2 Å². The van der Waals surface area contributed by atoms with E-state index in [0.717, 1.165) is 5.56 Å². The van der Waals surface area contributed by atoms with Crippen LogP contribution in [0.25, 0.3) is 0 Å². The molecule has 0 aliphatic rings. The van der Waals surface area contributed by atoms with Gasteiger partial charge in [-0.25, -0.2) is 0 Å². The third-order valence-corrected chi connectivity index (χ3v) is 3.13. The maximum atomic E-state index is 12.2. The number of aromatic nitrogens is 2. The van der Waals surface area contributed by atoms with Crippen LogP contribution in [0.2, 0.25) is 0 Å². The zero-order chi connectivity index (χ0) is 15.2. The number of benzene rings is 1. The van der Waals surface area contributed by atoms with Crippen LogP contribution in [-0.2, 0) is 11.2 Å². The minimum absolute atomic E-state index is 0.147. The van der Waals surface area contributed by atoms with Crippen LogP contribution in [0.1, 0.15) is 23.2 Å². The molecule has 21 heavy (non-hydrogen) atoms. The van der Waals surface area contributed by atoms with Crippen molar-refractivity contribution in [2.24, 2.45) is 5.73 Å². The lowest BCUT2D eigenvalue weighted by Crippen LogP contribution is -2.37. The van der Waals surface area contributed by atoms with Gasteiger partial charge in [-0.15, -0.1) is 0 Å². The summed E-state index contributed by atoms with van der Waals surface area (Å²) in [6.45, 7) is 2.11. The van der Waals surface area contributed by atoms with Crippen LogP contribution in [0, 0.1) is 6.92 Å².